The van der Waals surface area contributed by atoms with Gasteiger partial charge in [-0.15, -0.1) is 0 Å². The van der Waals surface area contributed by atoms with E-state index >= 15 is 0 Å². The molecule has 3 N–H and O–H groups in total. The molecule has 0 spiro atoms. The van der Waals surface area contributed by atoms with Gasteiger partial charge in [-0.05, 0) is 80.1 Å². The molecule has 2 aromatic rings. The van der Waals surface area contributed by atoms with Crippen molar-refractivity contribution in [3.05, 3.63) is 57.6 Å². The minimum atomic E-state index is 0.805. The smallest absolute Gasteiger partial charge is 0.0579 e. The molecule has 2 nitrogen and oxygen atoms in total. The van der Waals surface area contributed by atoms with Gasteiger partial charge in [-0.2, -0.15) is 0 Å². The number of nitrogens with one attached hydrogen (secondary N) is 1. The van der Waals surface area contributed by atoms with Crippen LogP contribution in [-0.2, 0) is 6.54 Å². The Morgan fingerprint density at radius 1 is 0.850 bits per heavy atom. The van der Waals surface area contributed by atoms with E-state index in [1.165, 1.54) is 33.4 Å². The highest BCUT2D eigenvalue weighted by molar-refractivity contribution is 5.68. The van der Waals surface area contributed by atoms with Crippen LogP contribution in [0.25, 0.3) is 0 Å². The molecule has 0 fully saturated rings. The van der Waals surface area contributed by atoms with E-state index in [0.717, 1.165) is 17.9 Å². The standard InChI is InChI=1S/C18H24N2/c1-11-6-7-16(15(5)14(11)4)10-20-18-9-13(3)12(2)8-17(18)19/h6-9,20H,10,19H2,1-5H3. The van der Waals surface area contributed by atoms with Gasteiger partial charge in [0.25, 0.3) is 0 Å². The van der Waals surface area contributed by atoms with E-state index in [-0.39, 0.29) is 0 Å². The second-order valence-electron chi connectivity index (χ2n) is 5.67. The predicted molar refractivity (Wildman–Crippen MR) is 88.3 cm³/mol. The van der Waals surface area contributed by atoms with Crippen LogP contribution >= 0.6 is 0 Å². The van der Waals surface area contributed by atoms with Gasteiger partial charge in [0, 0.05) is 6.54 Å². The first-order valence-corrected chi connectivity index (χ1v) is 7.06. The molecule has 0 unspecified atom stereocenters. The lowest BCUT2D eigenvalue weighted by Crippen LogP contribution is -2.06. The van der Waals surface area contributed by atoms with Crippen LogP contribution in [0.3, 0.4) is 0 Å². The second kappa shape index (κ2) is 5.58. The van der Waals surface area contributed by atoms with Crippen LogP contribution in [0.1, 0.15) is 33.4 Å². The Balaban J connectivity index is 2.21. The van der Waals surface area contributed by atoms with E-state index in [9.17, 15) is 0 Å². The lowest BCUT2D eigenvalue weighted by molar-refractivity contribution is 1.09. The molecule has 0 aromatic heterocycles. The number of nitrogen functional groups attached to an aromatic ring is 1. The average molecular weight is 268 g/mol. The Bertz CT molecular complexity index is 640. The third kappa shape index (κ3) is 2.79. The number of aryl methyl sites for hydroxylation is 3. The molecule has 106 valence electrons. The van der Waals surface area contributed by atoms with Gasteiger partial charge in [-0.1, -0.05) is 12.1 Å². The normalized spacial score (nSPS) is 10.7. The number of nitrogens with two attached hydrogens (primary N) is 1. The second-order valence-corrected chi connectivity index (χ2v) is 5.67. The molecular weight excluding hydrogens is 244 g/mol. The van der Waals surface area contributed by atoms with Crippen LogP contribution in [0.5, 0.6) is 0 Å². The number of benzene rings is 2. The Morgan fingerprint density at radius 2 is 1.50 bits per heavy atom. The summed E-state index contributed by atoms with van der Waals surface area (Å²) in [5, 5.41) is 3.46. The fourth-order valence-electron chi connectivity index (χ4n) is 2.39. The topological polar surface area (TPSA) is 38.0 Å². The molecule has 2 aromatic carbocycles. The summed E-state index contributed by atoms with van der Waals surface area (Å²) in [6.45, 7) is 11.5. The summed E-state index contributed by atoms with van der Waals surface area (Å²) in [4.78, 5) is 0. The van der Waals surface area contributed by atoms with Crippen LogP contribution in [-0.4, -0.2) is 0 Å². The monoisotopic (exact) mass is 268 g/mol. The van der Waals surface area contributed by atoms with Crippen molar-refractivity contribution in [2.24, 2.45) is 0 Å². The Kier molecular flexibility index (Phi) is 4.03. The van der Waals surface area contributed by atoms with Crippen molar-refractivity contribution in [3.63, 3.8) is 0 Å². The van der Waals surface area contributed by atoms with Gasteiger partial charge in [-0.3, -0.25) is 0 Å². The molecule has 2 rings (SSSR count). The van der Waals surface area contributed by atoms with Gasteiger partial charge >= 0.3 is 0 Å². The highest BCUT2D eigenvalue weighted by Crippen LogP contribution is 2.24. The molecule has 0 aliphatic heterocycles. The zero-order chi connectivity index (χ0) is 14.9. The third-order valence-corrected chi connectivity index (χ3v) is 4.31. The average Bonchev–Trinajstić information content (AvgIpc) is 2.40. The minimum Gasteiger partial charge on any atom is -0.397 e. The largest absolute Gasteiger partial charge is 0.397 e. The highest BCUT2D eigenvalue weighted by atomic mass is 14.9. The zero-order valence-corrected chi connectivity index (χ0v) is 13.1. The van der Waals surface area contributed by atoms with E-state index in [1.54, 1.807) is 0 Å². The molecule has 0 heterocycles. The summed E-state index contributed by atoms with van der Waals surface area (Å²) in [6.07, 6.45) is 0. The summed E-state index contributed by atoms with van der Waals surface area (Å²) in [6, 6.07) is 8.54. The Morgan fingerprint density at radius 3 is 2.20 bits per heavy atom. The maximum absolute atomic E-state index is 6.08. The highest BCUT2D eigenvalue weighted by Gasteiger charge is 2.06. The lowest BCUT2D eigenvalue weighted by atomic mass is 9.99. The number of rotatable bonds is 3. The number of anilines is 2. The molecule has 0 aliphatic carbocycles. The van der Waals surface area contributed by atoms with Crippen molar-refractivity contribution >= 4 is 11.4 Å². The van der Waals surface area contributed by atoms with Crippen LogP contribution < -0.4 is 11.1 Å². The van der Waals surface area contributed by atoms with Crippen molar-refractivity contribution < 1.29 is 0 Å². The lowest BCUT2D eigenvalue weighted by Gasteiger charge is -2.15. The van der Waals surface area contributed by atoms with Crippen molar-refractivity contribution in [3.8, 4) is 0 Å². The van der Waals surface area contributed by atoms with Gasteiger partial charge < -0.3 is 11.1 Å². The molecule has 0 saturated heterocycles. The van der Waals surface area contributed by atoms with Gasteiger partial charge in [0.2, 0.25) is 0 Å². The molecule has 0 amide bonds. The summed E-state index contributed by atoms with van der Waals surface area (Å²) < 4.78 is 0. The Labute approximate surface area is 122 Å². The van der Waals surface area contributed by atoms with Crippen molar-refractivity contribution in [1.82, 2.24) is 0 Å². The maximum atomic E-state index is 6.08. The van der Waals surface area contributed by atoms with E-state index in [0.29, 0.717) is 0 Å². The van der Waals surface area contributed by atoms with E-state index in [4.69, 9.17) is 5.73 Å². The molecule has 0 aliphatic rings. The fraction of sp³-hybridized carbons (Fsp3) is 0.333. The maximum Gasteiger partial charge on any atom is 0.0579 e. The molecule has 0 atom stereocenters. The number of hydrogen-bond donors (Lipinski definition) is 2. The van der Waals surface area contributed by atoms with Gasteiger partial charge in [0.15, 0.2) is 0 Å². The van der Waals surface area contributed by atoms with Crippen molar-refractivity contribution in [2.75, 3.05) is 11.1 Å². The first kappa shape index (κ1) is 14.4. The van der Waals surface area contributed by atoms with Crippen LogP contribution in [0.15, 0.2) is 24.3 Å². The van der Waals surface area contributed by atoms with E-state index in [1.807, 2.05) is 6.07 Å². The Hall–Kier alpha value is -1.96. The minimum absolute atomic E-state index is 0.805. The first-order valence-electron chi connectivity index (χ1n) is 7.06. The summed E-state index contributed by atoms with van der Waals surface area (Å²) in [7, 11) is 0. The molecule has 0 bridgehead atoms. The molecule has 20 heavy (non-hydrogen) atoms. The van der Waals surface area contributed by atoms with Gasteiger partial charge in [-0.25, -0.2) is 0 Å². The fourth-order valence-corrected chi connectivity index (χ4v) is 2.39. The first-order chi connectivity index (χ1) is 9.40. The van der Waals surface area contributed by atoms with E-state index in [2.05, 4.69) is 58.1 Å². The van der Waals surface area contributed by atoms with Crippen LogP contribution in [0, 0.1) is 34.6 Å². The molecular formula is C18H24N2. The quantitative estimate of drug-likeness (QED) is 0.808. The van der Waals surface area contributed by atoms with Gasteiger partial charge in [0.05, 0.1) is 11.4 Å². The van der Waals surface area contributed by atoms with E-state index < -0.39 is 0 Å². The molecule has 0 radical (unpaired) electrons. The van der Waals surface area contributed by atoms with Crippen LogP contribution in [0.2, 0.25) is 0 Å². The van der Waals surface area contributed by atoms with Crippen molar-refractivity contribution in [2.45, 2.75) is 41.2 Å². The summed E-state index contributed by atoms with van der Waals surface area (Å²) in [5.41, 5.74) is 15.8. The third-order valence-electron chi connectivity index (χ3n) is 4.31. The summed E-state index contributed by atoms with van der Waals surface area (Å²) in [5.74, 6) is 0. The van der Waals surface area contributed by atoms with Crippen LogP contribution in [0.4, 0.5) is 11.4 Å². The summed E-state index contributed by atoms with van der Waals surface area (Å²) >= 11 is 0. The molecule has 2 heteroatoms. The number of hydrogen-bond acceptors (Lipinski definition) is 2. The zero-order valence-electron chi connectivity index (χ0n) is 13.1. The van der Waals surface area contributed by atoms with Crippen molar-refractivity contribution in [1.29, 1.82) is 0 Å². The predicted octanol–water partition coefficient (Wildman–Crippen LogP) is 4.42. The SMILES string of the molecule is Cc1cc(N)c(NCc2ccc(C)c(C)c2C)cc1C. The van der Waals surface area contributed by atoms with Gasteiger partial charge in [0.1, 0.15) is 0 Å². The molecule has 0 saturated carbocycles.